The van der Waals surface area contributed by atoms with E-state index in [1.165, 1.54) is 141 Å². The highest BCUT2D eigenvalue weighted by atomic mass is 32.2. The van der Waals surface area contributed by atoms with E-state index in [1.54, 1.807) is 0 Å². The highest BCUT2D eigenvalue weighted by Gasteiger charge is 2.46. The first-order valence-electron chi connectivity index (χ1n) is 24.9. The molecule has 0 spiro atoms. The number of hydrogen-bond acceptors (Lipinski definition) is 11. The smallest absolute Gasteiger partial charge is 0.306 e. The molecule has 12 nitrogen and oxygen atoms in total. The zero-order valence-electron chi connectivity index (χ0n) is 39.0. The largest absolute Gasteiger partial charge is 0.462 e. The van der Waals surface area contributed by atoms with E-state index in [2.05, 4.69) is 38.2 Å². The van der Waals surface area contributed by atoms with Gasteiger partial charge in [0.2, 0.25) is 0 Å². The number of rotatable bonds is 42. The zero-order valence-corrected chi connectivity index (χ0v) is 39.8. The number of carbonyl (C=O) groups is 2. The number of esters is 2. The van der Waals surface area contributed by atoms with Crippen LogP contribution in [-0.4, -0.2) is 96.0 Å². The van der Waals surface area contributed by atoms with Crippen molar-refractivity contribution in [3.63, 3.8) is 0 Å². The Balaban J connectivity index is 2.39. The first kappa shape index (κ1) is 58.1. The average Bonchev–Trinajstić information content (AvgIpc) is 3.24. The van der Waals surface area contributed by atoms with Crippen molar-refractivity contribution in [3.05, 3.63) is 24.3 Å². The van der Waals surface area contributed by atoms with Crippen molar-refractivity contribution in [1.82, 2.24) is 0 Å². The van der Waals surface area contributed by atoms with Crippen molar-refractivity contribution in [2.45, 2.75) is 256 Å². The van der Waals surface area contributed by atoms with Crippen LogP contribution in [-0.2, 0) is 38.7 Å². The van der Waals surface area contributed by atoms with E-state index in [9.17, 15) is 37.9 Å². The van der Waals surface area contributed by atoms with Gasteiger partial charge in [-0.05, 0) is 64.2 Å². The van der Waals surface area contributed by atoms with E-state index in [0.29, 0.717) is 12.8 Å². The Labute approximate surface area is 377 Å². The molecular formula is C49H90O12S. The molecule has 1 heterocycles. The third-order valence-electron chi connectivity index (χ3n) is 11.5. The summed E-state index contributed by atoms with van der Waals surface area (Å²) in [7, 11) is -4.60. The molecular weight excluding hydrogens is 813 g/mol. The van der Waals surface area contributed by atoms with E-state index >= 15 is 0 Å². The number of ether oxygens (including phenoxy) is 4. The van der Waals surface area contributed by atoms with Gasteiger partial charge in [-0.3, -0.25) is 14.1 Å². The Kier molecular flexibility index (Phi) is 37.0. The molecule has 62 heavy (non-hydrogen) atoms. The third kappa shape index (κ3) is 33.6. The molecule has 4 N–H and O–H groups in total. The summed E-state index contributed by atoms with van der Waals surface area (Å²) in [6.07, 6.45) is 35.1. The summed E-state index contributed by atoms with van der Waals surface area (Å²) in [5.41, 5.74) is 0. The maximum absolute atomic E-state index is 12.8. The Bertz CT molecular complexity index is 1240. The quantitative estimate of drug-likeness (QED) is 0.0197. The maximum Gasteiger partial charge on any atom is 0.306 e. The van der Waals surface area contributed by atoms with Gasteiger partial charge in [-0.15, -0.1) is 0 Å². The van der Waals surface area contributed by atoms with Gasteiger partial charge in [-0.1, -0.05) is 167 Å². The molecule has 6 atom stereocenters. The lowest BCUT2D eigenvalue weighted by Gasteiger charge is -2.40. The Morgan fingerprint density at radius 3 is 1.37 bits per heavy atom. The molecule has 0 amide bonds. The van der Waals surface area contributed by atoms with Gasteiger partial charge in [0, 0.05) is 12.8 Å². The normalized spacial score (nSPS) is 20.0. The standard InChI is InChI=1S/C49H90O12S/c1-3-5-7-9-11-13-15-17-19-20-21-22-24-25-27-29-31-33-35-37-44(50)58-39-42(40-59-49-48(54)47(53)46(52)43(61-49)41-62(55,56)57)60-45(51)38-36-34-32-30-28-26-23-18-16-14-12-10-8-6-4-2/h17,19,28,30,42-43,46-49,52-54H,3-16,18,20-27,29,31-41H2,1-2H3,(H,55,56,57)/b19-17+,30-28+/t42-,43-,46-,47?,48?,49+/m1/s1. The molecule has 0 aromatic heterocycles. The topological polar surface area (TPSA) is 186 Å². The summed E-state index contributed by atoms with van der Waals surface area (Å²) in [6, 6.07) is 0. The summed E-state index contributed by atoms with van der Waals surface area (Å²) in [6.45, 7) is 3.76. The van der Waals surface area contributed by atoms with Gasteiger partial charge >= 0.3 is 11.9 Å². The number of aliphatic hydroxyl groups excluding tert-OH is 3. The fourth-order valence-electron chi connectivity index (χ4n) is 7.61. The molecule has 1 aliphatic rings. The lowest BCUT2D eigenvalue weighted by Crippen LogP contribution is -2.60. The highest BCUT2D eigenvalue weighted by Crippen LogP contribution is 2.24. The molecule has 1 saturated heterocycles. The first-order valence-corrected chi connectivity index (χ1v) is 26.5. The van der Waals surface area contributed by atoms with Gasteiger partial charge in [-0.2, -0.15) is 8.42 Å². The van der Waals surface area contributed by atoms with Crippen LogP contribution in [0.5, 0.6) is 0 Å². The van der Waals surface area contributed by atoms with Crippen molar-refractivity contribution >= 4 is 22.1 Å². The maximum atomic E-state index is 12.8. The minimum absolute atomic E-state index is 0.136. The average molecular weight is 903 g/mol. The van der Waals surface area contributed by atoms with Gasteiger partial charge in [0.25, 0.3) is 10.1 Å². The summed E-state index contributed by atoms with van der Waals surface area (Å²) < 4.78 is 54.1. The van der Waals surface area contributed by atoms with Crippen LogP contribution >= 0.6 is 0 Å². The molecule has 0 aliphatic carbocycles. The van der Waals surface area contributed by atoms with Crippen molar-refractivity contribution < 1.29 is 56.8 Å². The number of unbranched alkanes of at least 4 members (excludes halogenated alkanes) is 26. The number of carbonyl (C=O) groups excluding carboxylic acids is 2. The van der Waals surface area contributed by atoms with Crippen LogP contribution in [0.15, 0.2) is 24.3 Å². The summed E-state index contributed by atoms with van der Waals surface area (Å²) in [4.78, 5) is 25.5. The molecule has 364 valence electrons. The Hall–Kier alpha value is -1.87. The van der Waals surface area contributed by atoms with Crippen LogP contribution in [0.2, 0.25) is 0 Å². The van der Waals surface area contributed by atoms with Crippen LogP contribution < -0.4 is 0 Å². The lowest BCUT2D eigenvalue weighted by atomic mass is 10.00. The number of allylic oxidation sites excluding steroid dienone is 4. The monoisotopic (exact) mass is 903 g/mol. The van der Waals surface area contributed by atoms with Crippen LogP contribution in [0.1, 0.15) is 219 Å². The van der Waals surface area contributed by atoms with Gasteiger partial charge in [0.15, 0.2) is 12.4 Å². The molecule has 0 bridgehead atoms. The van der Waals surface area contributed by atoms with E-state index in [1.807, 2.05) is 0 Å². The van der Waals surface area contributed by atoms with Crippen LogP contribution in [0, 0.1) is 0 Å². The minimum atomic E-state index is -4.60. The van der Waals surface area contributed by atoms with E-state index in [4.69, 9.17) is 18.9 Å². The zero-order chi connectivity index (χ0) is 45.5. The molecule has 1 fully saturated rings. The molecule has 0 aromatic carbocycles. The lowest BCUT2D eigenvalue weighted by molar-refractivity contribution is -0.297. The summed E-state index contributed by atoms with van der Waals surface area (Å²) in [5, 5.41) is 30.9. The second-order valence-corrected chi connectivity index (χ2v) is 19.0. The van der Waals surface area contributed by atoms with Gasteiger partial charge in [-0.25, -0.2) is 0 Å². The van der Waals surface area contributed by atoms with Crippen molar-refractivity contribution in [3.8, 4) is 0 Å². The van der Waals surface area contributed by atoms with Crippen molar-refractivity contribution in [2.24, 2.45) is 0 Å². The second kappa shape index (κ2) is 39.5. The predicted octanol–water partition coefficient (Wildman–Crippen LogP) is 10.8. The van der Waals surface area contributed by atoms with Crippen molar-refractivity contribution in [1.29, 1.82) is 0 Å². The fourth-order valence-corrected chi connectivity index (χ4v) is 8.30. The van der Waals surface area contributed by atoms with Gasteiger partial charge < -0.3 is 34.3 Å². The Morgan fingerprint density at radius 2 is 0.919 bits per heavy atom. The summed E-state index contributed by atoms with van der Waals surface area (Å²) in [5.74, 6) is -2.00. The summed E-state index contributed by atoms with van der Waals surface area (Å²) >= 11 is 0. The van der Waals surface area contributed by atoms with E-state index in [-0.39, 0.29) is 19.4 Å². The molecule has 0 aromatic rings. The fraction of sp³-hybridized carbons (Fsp3) is 0.878. The minimum Gasteiger partial charge on any atom is -0.462 e. The Morgan fingerprint density at radius 1 is 0.532 bits per heavy atom. The predicted molar refractivity (Wildman–Crippen MR) is 247 cm³/mol. The highest BCUT2D eigenvalue weighted by molar-refractivity contribution is 7.85. The van der Waals surface area contributed by atoms with E-state index < -0.39 is 71.2 Å². The number of hydrogen-bond donors (Lipinski definition) is 4. The molecule has 0 saturated carbocycles. The van der Waals surface area contributed by atoms with E-state index in [0.717, 1.165) is 38.5 Å². The van der Waals surface area contributed by atoms with Crippen molar-refractivity contribution in [2.75, 3.05) is 19.0 Å². The van der Waals surface area contributed by atoms with Crippen LogP contribution in [0.4, 0.5) is 0 Å². The molecule has 13 heteroatoms. The third-order valence-corrected chi connectivity index (χ3v) is 12.3. The first-order chi connectivity index (χ1) is 30.0. The van der Waals surface area contributed by atoms with Gasteiger partial charge in [0.05, 0.1) is 6.61 Å². The molecule has 1 aliphatic heterocycles. The second-order valence-electron chi connectivity index (χ2n) is 17.5. The number of aliphatic hydroxyl groups is 3. The van der Waals surface area contributed by atoms with Gasteiger partial charge in [0.1, 0.15) is 36.8 Å². The SMILES string of the molecule is CCCCCCCC/C=C/CCCCCCCCCCCC(=O)OC[C@H](CO[C@H]1O[C@H](CS(=O)(=O)O)[C@@H](O)C(O)C1O)OC(=O)CCCC/C=C/CCCCCCCCCCC. The molecule has 1 rings (SSSR count). The molecule has 2 unspecified atom stereocenters. The van der Waals surface area contributed by atoms with Crippen LogP contribution in [0.3, 0.4) is 0 Å². The molecule has 0 radical (unpaired) electrons. The van der Waals surface area contributed by atoms with Crippen LogP contribution in [0.25, 0.3) is 0 Å².